The fourth-order valence-electron chi connectivity index (χ4n) is 1.91. The van der Waals surface area contributed by atoms with E-state index in [0.717, 1.165) is 21.3 Å². The van der Waals surface area contributed by atoms with Gasteiger partial charge in [-0.3, -0.25) is 9.88 Å². The molecule has 124 valence electrons. The van der Waals surface area contributed by atoms with Crippen molar-refractivity contribution in [2.45, 2.75) is 40.2 Å². The summed E-state index contributed by atoms with van der Waals surface area (Å²) in [5, 5.41) is 4.80. The highest BCUT2D eigenvalue weighted by atomic mass is 32.1. The van der Waals surface area contributed by atoms with Gasteiger partial charge in [-0.2, -0.15) is 0 Å². The first-order chi connectivity index (χ1) is 10.7. The molecule has 0 unspecified atom stereocenters. The molecule has 0 atom stereocenters. The molecule has 2 rings (SSSR count). The van der Waals surface area contributed by atoms with E-state index in [1.807, 2.05) is 32.9 Å². The number of carbonyl (C=O) groups is 1. The van der Waals surface area contributed by atoms with Gasteiger partial charge in [0.2, 0.25) is 0 Å². The largest absolute Gasteiger partial charge is 0.333 e. The quantitative estimate of drug-likeness (QED) is 0.917. The molecule has 0 aliphatic heterocycles. The molecule has 1 N–H and O–H groups in total. The van der Waals surface area contributed by atoms with Crippen molar-refractivity contribution in [1.82, 2.24) is 15.3 Å². The van der Waals surface area contributed by atoms with Crippen LogP contribution in [-0.2, 0) is 0 Å². The normalized spacial score (nSPS) is 11.6. The molecular formula is C17H24N4OS. The van der Waals surface area contributed by atoms with Gasteiger partial charge >= 0.3 is 6.03 Å². The Morgan fingerprint density at radius 2 is 2.09 bits per heavy atom. The molecule has 2 amide bonds. The van der Waals surface area contributed by atoms with Gasteiger partial charge in [-0.1, -0.05) is 25.2 Å². The predicted octanol–water partition coefficient (Wildman–Crippen LogP) is 4.09. The molecule has 5 nitrogen and oxygen atoms in total. The van der Waals surface area contributed by atoms with Gasteiger partial charge in [-0.15, -0.1) is 0 Å². The van der Waals surface area contributed by atoms with Gasteiger partial charge in [0.15, 0.2) is 0 Å². The second-order valence-electron chi connectivity index (χ2n) is 6.52. The number of hydrogen-bond donors (Lipinski definition) is 1. The molecule has 6 heteroatoms. The van der Waals surface area contributed by atoms with Gasteiger partial charge in [0.1, 0.15) is 10.0 Å². The Labute approximate surface area is 141 Å². The molecule has 0 spiro atoms. The van der Waals surface area contributed by atoms with Crippen LogP contribution in [0.3, 0.4) is 0 Å². The summed E-state index contributed by atoms with van der Waals surface area (Å²) in [7, 11) is 1.78. The van der Waals surface area contributed by atoms with Crippen LogP contribution in [0, 0.1) is 12.8 Å². The number of amides is 2. The van der Waals surface area contributed by atoms with Crippen molar-refractivity contribution in [3.63, 3.8) is 0 Å². The summed E-state index contributed by atoms with van der Waals surface area (Å²) in [6, 6.07) is 3.73. The number of nitrogens with zero attached hydrogens (tertiary/aromatic N) is 3. The molecule has 0 aromatic carbocycles. The van der Waals surface area contributed by atoms with Crippen molar-refractivity contribution in [3.05, 3.63) is 30.2 Å². The highest BCUT2D eigenvalue weighted by Crippen LogP contribution is 2.33. The molecular weight excluding hydrogens is 308 g/mol. The lowest BCUT2D eigenvalue weighted by molar-refractivity contribution is 0.225. The minimum Gasteiger partial charge on any atom is -0.333 e. The van der Waals surface area contributed by atoms with E-state index in [0.29, 0.717) is 5.92 Å². The maximum Gasteiger partial charge on any atom is 0.322 e. The average molecular weight is 332 g/mol. The SMILES string of the molecule is Cc1nc(-c2cccnc2)sc1N(C)C(=O)NC(C)(C)C(C)C. The minimum absolute atomic E-state index is 0.117. The summed E-state index contributed by atoms with van der Waals surface area (Å²) in [5.74, 6) is 0.341. The Hall–Kier alpha value is -1.95. The maximum atomic E-state index is 12.5. The number of aromatic nitrogens is 2. The second-order valence-corrected chi connectivity index (χ2v) is 7.49. The third kappa shape index (κ3) is 3.88. The summed E-state index contributed by atoms with van der Waals surface area (Å²) in [6.07, 6.45) is 3.52. The molecule has 0 saturated heterocycles. The molecule has 0 aliphatic carbocycles. The zero-order valence-electron chi connectivity index (χ0n) is 14.5. The van der Waals surface area contributed by atoms with Crippen LogP contribution >= 0.6 is 11.3 Å². The standard InChI is InChI=1S/C17H24N4OS/c1-11(2)17(4,5)20-16(22)21(6)15-12(3)19-14(23-15)13-8-7-9-18-10-13/h7-11H,1-6H3,(H,20,22). The van der Waals surface area contributed by atoms with Crippen molar-refractivity contribution >= 4 is 22.4 Å². The van der Waals surface area contributed by atoms with Gasteiger partial charge in [-0.25, -0.2) is 9.78 Å². The van der Waals surface area contributed by atoms with Crippen LogP contribution in [0.2, 0.25) is 0 Å². The number of carbonyl (C=O) groups excluding carboxylic acids is 1. The number of thiazole rings is 1. The van der Waals surface area contributed by atoms with Gasteiger partial charge in [0, 0.05) is 30.5 Å². The van der Waals surface area contributed by atoms with E-state index in [9.17, 15) is 4.79 Å². The molecule has 23 heavy (non-hydrogen) atoms. The van der Waals surface area contributed by atoms with Crippen LogP contribution in [0.15, 0.2) is 24.5 Å². The van der Waals surface area contributed by atoms with Crippen molar-refractivity contribution in [3.8, 4) is 10.6 Å². The highest BCUT2D eigenvalue weighted by Gasteiger charge is 2.27. The topological polar surface area (TPSA) is 58.1 Å². The molecule has 2 aromatic heterocycles. The van der Waals surface area contributed by atoms with Gasteiger partial charge in [0.25, 0.3) is 0 Å². The third-order valence-corrected chi connectivity index (χ3v) is 5.45. The van der Waals surface area contributed by atoms with Gasteiger partial charge < -0.3 is 5.32 Å². The molecule has 0 fully saturated rings. The second kappa shape index (κ2) is 6.66. The lowest BCUT2D eigenvalue weighted by atomic mass is 9.91. The number of pyridine rings is 1. The van der Waals surface area contributed by atoms with Crippen molar-refractivity contribution < 1.29 is 4.79 Å². The molecule has 0 bridgehead atoms. The lowest BCUT2D eigenvalue weighted by Gasteiger charge is -2.32. The average Bonchev–Trinajstić information content (AvgIpc) is 2.88. The van der Waals surface area contributed by atoms with E-state index in [2.05, 4.69) is 29.1 Å². The first-order valence-electron chi connectivity index (χ1n) is 7.66. The van der Waals surface area contributed by atoms with Crippen LogP contribution in [0.1, 0.15) is 33.4 Å². The number of hydrogen-bond acceptors (Lipinski definition) is 4. The van der Waals surface area contributed by atoms with Crippen LogP contribution in [0.5, 0.6) is 0 Å². The number of nitrogens with one attached hydrogen (secondary N) is 1. The van der Waals surface area contributed by atoms with Crippen LogP contribution in [0.25, 0.3) is 10.6 Å². The summed E-state index contributed by atoms with van der Waals surface area (Å²) >= 11 is 1.50. The zero-order chi connectivity index (χ0) is 17.2. The number of urea groups is 1. The lowest BCUT2D eigenvalue weighted by Crippen LogP contribution is -2.51. The first-order valence-corrected chi connectivity index (χ1v) is 8.47. The summed E-state index contributed by atoms with van der Waals surface area (Å²) in [4.78, 5) is 22.9. The third-order valence-electron chi connectivity index (χ3n) is 4.16. The van der Waals surface area contributed by atoms with Crippen LogP contribution in [-0.4, -0.2) is 28.6 Å². The Morgan fingerprint density at radius 3 is 2.65 bits per heavy atom. The zero-order valence-corrected chi connectivity index (χ0v) is 15.4. The Balaban J connectivity index is 2.22. The van der Waals surface area contributed by atoms with Gasteiger partial charge in [0.05, 0.1) is 5.69 Å². The van der Waals surface area contributed by atoms with Gasteiger partial charge in [-0.05, 0) is 38.8 Å². The predicted molar refractivity (Wildman–Crippen MR) is 95.9 cm³/mol. The smallest absolute Gasteiger partial charge is 0.322 e. The fourth-order valence-corrected chi connectivity index (χ4v) is 2.93. The Bertz CT molecular complexity index is 679. The molecule has 0 saturated carbocycles. The van der Waals surface area contributed by atoms with E-state index in [-0.39, 0.29) is 11.6 Å². The maximum absolute atomic E-state index is 12.5. The fraction of sp³-hybridized carbons (Fsp3) is 0.471. The molecule has 2 aromatic rings. The van der Waals surface area contributed by atoms with E-state index in [1.54, 1.807) is 24.3 Å². The van der Waals surface area contributed by atoms with E-state index in [1.165, 1.54) is 11.3 Å². The van der Waals surface area contributed by atoms with Crippen LogP contribution < -0.4 is 10.2 Å². The van der Waals surface area contributed by atoms with E-state index < -0.39 is 0 Å². The molecule has 2 heterocycles. The summed E-state index contributed by atoms with van der Waals surface area (Å²) in [5.41, 5.74) is 1.54. The summed E-state index contributed by atoms with van der Waals surface area (Å²) in [6.45, 7) is 10.2. The highest BCUT2D eigenvalue weighted by molar-refractivity contribution is 7.19. The Kier molecular flexibility index (Phi) is 5.04. The minimum atomic E-state index is -0.268. The molecule has 0 aliphatic rings. The van der Waals surface area contributed by atoms with E-state index in [4.69, 9.17) is 0 Å². The van der Waals surface area contributed by atoms with E-state index >= 15 is 0 Å². The first kappa shape index (κ1) is 17.4. The van der Waals surface area contributed by atoms with Crippen molar-refractivity contribution in [1.29, 1.82) is 0 Å². The van der Waals surface area contributed by atoms with Crippen molar-refractivity contribution in [2.24, 2.45) is 5.92 Å². The van der Waals surface area contributed by atoms with Crippen LogP contribution in [0.4, 0.5) is 9.80 Å². The number of aryl methyl sites for hydroxylation is 1. The Morgan fingerprint density at radius 1 is 1.39 bits per heavy atom. The monoisotopic (exact) mass is 332 g/mol. The number of anilines is 1. The van der Waals surface area contributed by atoms with Crippen molar-refractivity contribution in [2.75, 3.05) is 11.9 Å². The molecule has 0 radical (unpaired) electrons. The number of rotatable bonds is 4. The summed E-state index contributed by atoms with van der Waals surface area (Å²) < 4.78 is 0.